The summed E-state index contributed by atoms with van der Waals surface area (Å²) in [6.45, 7) is 5.04. The Balaban J connectivity index is 2.17. The summed E-state index contributed by atoms with van der Waals surface area (Å²) < 4.78 is 5.74. The van der Waals surface area contributed by atoms with E-state index in [0.29, 0.717) is 0 Å². The molecular formula is C11H20N2O3S. The SMILES string of the molecule is CCCN=C1NC2C(O)C(O)COC2(CC)S1. The second-order valence-electron chi connectivity index (χ2n) is 4.45. The van der Waals surface area contributed by atoms with Gasteiger partial charge in [0.2, 0.25) is 0 Å². The van der Waals surface area contributed by atoms with Gasteiger partial charge in [-0.2, -0.15) is 0 Å². The van der Waals surface area contributed by atoms with Crippen molar-refractivity contribution in [3.63, 3.8) is 0 Å². The molecule has 2 fully saturated rings. The highest BCUT2D eigenvalue weighted by molar-refractivity contribution is 8.15. The lowest BCUT2D eigenvalue weighted by Crippen LogP contribution is -2.60. The number of amidine groups is 1. The Morgan fingerprint density at radius 2 is 2.29 bits per heavy atom. The van der Waals surface area contributed by atoms with Crippen LogP contribution in [0.2, 0.25) is 0 Å². The molecule has 0 aromatic carbocycles. The van der Waals surface area contributed by atoms with Crippen LogP contribution in [0, 0.1) is 0 Å². The van der Waals surface area contributed by atoms with Gasteiger partial charge in [-0.1, -0.05) is 25.6 Å². The summed E-state index contributed by atoms with van der Waals surface area (Å²) in [5.41, 5.74) is 0. The van der Waals surface area contributed by atoms with Crippen molar-refractivity contribution >= 4 is 16.9 Å². The summed E-state index contributed by atoms with van der Waals surface area (Å²) in [7, 11) is 0. The molecule has 0 aliphatic carbocycles. The number of aliphatic imine (C=N–C) groups is 1. The number of aliphatic hydroxyl groups is 2. The van der Waals surface area contributed by atoms with Crippen molar-refractivity contribution in [2.24, 2.45) is 4.99 Å². The molecule has 17 heavy (non-hydrogen) atoms. The third-order valence-corrected chi connectivity index (χ3v) is 4.67. The number of thioether (sulfide) groups is 1. The maximum Gasteiger partial charge on any atom is 0.159 e. The highest BCUT2D eigenvalue weighted by atomic mass is 32.2. The minimum atomic E-state index is -0.821. The molecule has 0 aromatic rings. The number of nitrogens with one attached hydrogen (secondary N) is 1. The van der Waals surface area contributed by atoms with Crippen LogP contribution in [0.25, 0.3) is 0 Å². The number of hydrogen-bond acceptors (Lipinski definition) is 5. The molecule has 4 unspecified atom stereocenters. The molecule has 4 atom stereocenters. The largest absolute Gasteiger partial charge is 0.388 e. The summed E-state index contributed by atoms with van der Waals surface area (Å²) >= 11 is 1.53. The van der Waals surface area contributed by atoms with E-state index < -0.39 is 17.1 Å². The maximum atomic E-state index is 10.0. The van der Waals surface area contributed by atoms with Crippen LogP contribution in [0.5, 0.6) is 0 Å². The Bertz CT molecular complexity index is 313. The summed E-state index contributed by atoms with van der Waals surface area (Å²) in [6.07, 6.45) is 0.134. The van der Waals surface area contributed by atoms with Crippen LogP contribution in [0.3, 0.4) is 0 Å². The van der Waals surface area contributed by atoms with Gasteiger partial charge in [0.15, 0.2) is 5.17 Å². The molecule has 2 rings (SSSR count). The third kappa shape index (κ3) is 2.31. The fraction of sp³-hybridized carbons (Fsp3) is 0.909. The van der Waals surface area contributed by atoms with Gasteiger partial charge in [-0.25, -0.2) is 0 Å². The summed E-state index contributed by atoms with van der Waals surface area (Å²) in [5, 5.41) is 23.6. The molecule has 98 valence electrons. The second-order valence-corrected chi connectivity index (χ2v) is 5.73. The maximum absolute atomic E-state index is 10.0. The van der Waals surface area contributed by atoms with Crippen LogP contribution in [0.1, 0.15) is 26.7 Å². The van der Waals surface area contributed by atoms with Gasteiger partial charge in [-0.15, -0.1) is 0 Å². The third-order valence-electron chi connectivity index (χ3n) is 3.23. The van der Waals surface area contributed by atoms with Gasteiger partial charge < -0.3 is 20.3 Å². The molecule has 0 spiro atoms. The van der Waals surface area contributed by atoms with Crippen molar-refractivity contribution in [2.45, 2.75) is 49.9 Å². The zero-order chi connectivity index (χ0) is 12.5. The van der Waals surface area contributed by atoms with E-state index in [1.807, 2.05) is 6.92 Å². The fourth-order valence-electron chi connectivity index (χ4n) is 2.20. The first kappa shape index (κ1) is 13.1. The lowest BCUT2D eigenvalue weighted by atomic mass is 9.95. The molecule has 0 amide bonds. The van der Waals surface area contributed by atoms with Crippen molar-refractivity contribution in [3.8, 4) is 0 Å². The zero-order valence-corrected chi connectivity index (χ0v) is 11.0. The molecule has 5 nitrogen and oxygen atoms in total. The van der Waals surface area contributed by atoms with Crippen molar-refractivity contribution in [1.82, 2.24) is 5.32 Å². The average molecular weight is 260 g/mol. The van der Waals surface area contributed by atoms with E-state index in [2.05, 4.69) is 17.2 Å². The Morgan fingerprint density at radius 1 is 1.53 bits per heavy atom. The van der Waals surface area contributed by atoms with E-state index in [1.165, 1.54) is 11.8 Å². The first-order valence-corrected chi connectivity index (χ1v) is 6.94. The minimum Gasteiger partial charge on any atom is -0.388 e. The Morgan fingerprint density at radius 3 is 2.94 bits per heavy atom. The molecule has 2 saturated heterocycles. The van der Waals surface area contributed by atoms with Crippen LogP contribution in [-0.2, 0) is 4.74 Å². The highest BCUT2D eigenvalue weighted by Gasteiger charge is 2.54. The van der Waals surface area contributed by atoms with Gasteiger partial charge in [0, 0.05) is 6.54 Å². The number of ether oxygens (including phenoxy) is 1. The normalized spacial score (nSPS) is 43.5. The average Bonchev–Trinajstić information content (AvgIpc) is 2.72. The number of nitrogens with zero attached hydrogens (tertiary/aromatic N) is 1. The predicted molar refractivity (Wildman–Crippen MR) is 68.1 cm³/mol. The number of aliphatic hydroxyl groups excluding tert-OH is 2. The second kappa shape index (κ2) is 5.14. The van der Waals surface area contributed by atoms with Gasteiger partial charge in [0.25, 0.3) is 0 Å². The zero-order valence-electron chi connectivity index (χ0n) is 10.2. The first-order chi connectivity index (χ1) is 8.13. The molecule has 6 heteroatoms. The van der Waals surface area contributed by atoms with Crippen molar-refractivity contribution in [1.29, 1.82) is 0 Å². The summed E-state index contributed by atoms with van der Waals surface area (Å²) in [4.78, 5) is 3.93. The molecule has 0 bridgehead atoms. The van der Waals surface area contributed by atoms with Gasteiger partial charge in [-0.3, -0.25) is 4.99 Å². The topological polar surface area (TPSA) is 74.1 Å². The van der Waals surface area contributed by atoms with Gasteiger partial charge in [-0.05, 0) is 12.8 Å². The number of rotatable bonds is 3. The number of fused-ring (bicyclic) bond motifs is 1. The van der Waals surface area contributed by atoms with Crippen molar-refractivity contribution < 1.29 is 14.9 Å². The lowest BCUT2D eigenvalue weighted by molar-refractivity contribution is -0.149. The van der Waals surface area contributed by atoms with E-state index in [4.69, 9.17) is 4.74 Å². The fourth-order valence-corrected chi connectivity index (χ4v) is 3.46. The smallest absolute Gasteiger partial charge is 0.159 e. The standard InChI is InChI=1S/C11H20N2O3S/c1-3-5-12-10-13-9-8(15)7(14)6-16-11(9,4-2)17-10/h7-9,14-15H,3-6H2,1-2H3,(H,12,13). The molecule has 0 aromatic heterocycles. The summed E-state index contributed by atoms with van der Waals surface area (Å²) in [6, 6.07) is -0.281. The van der Waals surface area contributed by atoms with Crippen LogP contribution in [0.4, 0.5) is 0 Å². The van der Waals surface area contributed by atoms with Crippen molar-refractivity contribution in [2.75, 3.05) is 13.2 Å². The van der Waals surface area contributed by atoms with Gasteiger partial charge in [0.1, 0.15) is 17.1 Å². The van der Waals surface area contributed by atoms with E-state index in [-0.39, 0.29) is 12.6 Å². The Kier molecular flexibility index (Phi) is 3.97. The Labute approximate surface area is 106 Å². The quantitative estimate of drug-likeness (QED) is 0.681. The molecule has 0 radical (unpaired) electrons. The van der Waals surface area contributed by atoms with Crippen LogP contribution < -0.4 is 5.32 Å². The molecule has 2 heterocycles. The molecular weight excluding hydrogens is 240 g/mol. The lowest BCUT2D eigenvalue weighted by Gasteiger charge is -2.41. The molecule has 3 N–H and O–H groups in total. The van der Waals surface area contributed by atoms with Crippen molar-refractivity contribution in [3.05, 3.63) is 0 Å². The van der Waals surface area contributed by atoms with E-state index >= 15 is 0 Å². The monoisotopic (exact) mass is 260 g/mol. The highest BCUT2D eigenvalue weighted by Crippen LogP contribution is 2.44. The van der Waals surface area contributed by atoms with Gasteiger partial charge in [0.05, 0.1) is 12.6 Å². The predicted octanol–water partition coefficient (Wildman–Crippen LogP) is 0.316. The van der Waals surface area contributed by atoms with Gasteiger partial charge >= 0.3 is 0 Å². The molecule has 2 aliphatic rings. The van der Waals surface area contributed by atoms with Crippen LogP contribution in [0.15, 0.2) is 4.99 Å². The Hall–Kier alpha value is -0.300. The van der Waals surface area contributed by atoms with E-state index in [9.17, 15) is 10.2 Å². The number of hydrogen-bond donors (Lipinski definition) is 3. The minimum absolute atomic E-state index is 0.182. The van der Waals surface area contributed by atoms with E-state index in [0.717, 1.165) is 24.6 Å². The molecule has 2 aliphatic heterocycles. The van der Waals surface area contributed by atoms with Crippen LogP contribution >= 0.6 is 11.8 Å². The molecule has 0 saturated carbocycles. The first-order valence-electron chi connectivity index (χ1n) is 6.13. The summed E-state index contributed by atoms with van der Waals surface area (Å²) in [5.74, 6) is 0. The van der Waals surface area contributed by atoms with Crippen LogP contribution in [-0.4, -0.2) is 51.7 Å². The van der Waals surface area contributed by atoms with E-state index in [1.54, 1.807) is 0 Å².